The monoisotopic (exact) mass is 360 g/mol. The number of carbonyl (C=O) groups is 1. The van der Waals surface area contributed by atoms with Crippen LogP contribution >= 0.6 is 12.4 Å². The Morgan fingerprint density at radius 1 is 1.00 bits per heavy atom. The first kappa shape index (κ1) is 19.3. The maximum atomic E-state index is 12.4. The van der Waals surface area contributed by atoms with E-state index in [2.05, 4.69) is 23.5 Å². The second-order valence-electron chi connectivity index (χ2n) is 6.04. The van der Waals surface area contributed by atoms with Gasteiger partial charge in [0.2, 0.25) is 0 Å². The zero-order chi connectivity index (χ0) is 16.6. The second kappa shape index (κ2) is 10.1. The molecule has 5 heteroatoms. The standard InChI is InChI=1S/C20H24N2O2.ClH/c23-20(22-13-6-11-21-12-14-22)16-24-19-10-5-4-9-18(19)15-17-7-2-1-3-8-17;/h1-5,7-10,21H,6,11-16H2;1H. The van der Waals surface area contributed by atoms with Gasteiger partial charge in [0, 0.05) is 26.1 Å². The van der Waals surface area contributed by atoms with Gasteiger partial charge in [-0.1, -0.05) is 48.5 Å². The highest BCUT2D eigenvalue weighted by Crippen LogP contribution is 2.21. The van der Waals surface area contributed by atoms with Crippen LogP contribution in [0.5, 0.6) is 5.75 Å². The number of hydrogen-bond donors (Lipinski definition) is 1. The molecule has 0 saturated carbocycles. The highest BCUT2D eigenvalue weighted by Gasteiger charge is 2.16. The molecule has 1 saturated heterocycles. The highest BCUT2D eigenvalue weighted by molar-refractivity contribution is 5.85. The molecule has 1 fully saturated rings. The van der Waals surface area contributed by atoms with E-state index in [4.69, 9.17) is 4.74 Å². The molecule has 0 radical (unpaired) electrons. The number of rotatable bonds is 5. The third kappa shape index (κ3) is 5.76. The smallest absolute Gasteiger partial charge is 0.260 e. The van der Waals surface area contributed by atoms with Crippen LogP contribution in [-0.4, -0.2) is 43.6 Å². The minimum absolute atomic E-state index is 0. The normalized spacial score (nSPS) is 14.3. The van der Waals surface area contributed by atoms with Gasteiger partial charge in [0.1, 0.15) is 5.75 Å². The Morgan fingerprint density at radius 2 is 1.76 bits per heavy atom. The van der Waals surface area contributed by atoms with Gasteiger partial charge in [-0.05, 0) is 30.2 Å². The molecule has 3 rings (SSSR count). The molecule has 0 aliphatic carbocycles. The van der Waals surface area contributed by atoms with Crippen molar-refractivity contribution in [2.75, 3.05) is 32.8 Å². The molecule has 4 nitrogen and oxygen atoms in total. The number of halogens is 1. The van der Waals surface area contributed by atoms with E-state index in [0.717, 1.165) is 50.3 Å². The fourth-order valence-electron chi connectivity index (χ4n) is 2.93. The van der Waals surface area contributed by atoms with Gasteiger partial charge in [-0.25, -0.2) is 0 Å². The van der Waals surface area contributed by atoms with Gasteiger partial charge >= 0.3 is 0 Å². The van der Waals surface area contributed by atoms with Crippen LogP contribution in [0.15, 0.2) is 54.6 Å². The topological polar surface area (TPSA) is 41.6 Å². The summed E-state index contributed by atoms with van der Waals surface area (Å²) in [5.41, 5.74) is 2.34. The van der Waals surface area contributed by atoms with Crippen LogP contribution in [0.1, 0.15) is 17.5 Å². The molecule has 1 N–H and O–H groups in total. The van der Waals surface area contributed by atoms with Crippen molar-refractivity contribution >= 4 is 18.3 Å². The van der Waals surface area contributed by atoms with Crippen LogP contribution in [0.3, 0.4) is 0 Å². The predicted molar refractivity (Wildman–Crippen MR) is 102 cm³/mol. The van der Waals surface area contributed by atoms with Gasteiger partial charge in [0.25, 0.3) is 5.91 Å². The van der Waals surface area contributed by atoms with Crippen molar-refractivity contribution in [3.63, 3.8) is 0 Å². The van der Waals surface area contributed by atoms with Crippen LogP contribution < -0.4 is 10.1 Å². The summed E-state index contributed by atoms with van der Waals surface area (Å²) >= 11 is 0. The van der Waals surface area contributed by atoms with Gasteiger partial charge in [0.05, 0.1) is 0 Å². The minimum atomic E-state index is 0. The Bertz CT molecular complexity index is 656. The molecule has 2 aromatic carbocycles. The molecule has 2 aromatic rings. The minimum Gasteiger partial charge on any atom is -0.483 e. The lowest BCUT2D eigenvalue weighted by Gasteiger charge is -2.20. The maximum absolute atomic E-state index is 12.4. The summed E-state index contributed by atoms with van der Waals surface area (Å²) in [4.78, 5) is 14.3. The van der Waals surface area contributed by atoms with Crippen molar-refractivity contribution in [2.24, 2.45) is 0 Å². The average molecular weight is 361 g/mol. The molecule has 0 spiro atoms. The molecule has 25 heavy (non-hydrogen) atoms. The molecule has 1 aliphatic rings. The molecule has 1 heterocycles. The fraction of sp³-hybridized carbons (Fsp3) is 0.350. The molecule has 1 aliphatic heterocycles. The van der Waals surface area contributed by atoms with Crippen molar-refractivity contribution < 1.29 is 9.53 Å². The summed E-state index contributed by atoms with van der Waals surface area (Å²) in [5.74, 6) is 0.857. The van der Waals surface area contributed by atoms with E-state index in [-0.39, 0.29) is 24.9 Å². The predicted octanol–water partition coefficient (Wildman–Crippen LogP) is 2.90. The van der Waals surface area contributed by atoms with Gasteiger partial charge < -0.3 is 15.0 Å². The molecule has 0 bridgehead atoms. The Kier molecular flexibility index (Phi) is 7.76. The van der Waals surface area contributed by atoms with E-state index in [0.29, 0.717) is 0 Å². The zero-order valence-electron chi connectivity index (χ0n) is 14.3. The lowest BCUT2D eigenvalue weighted by Crippen LogP contribution is -2.37. The number of benzene rings is 2. The van der Waals surface area contributed by atoms with Crippen molar-refractivity contribution in [2.45, 2.75) is 12.8 Å². The second-order valence-corrected chi connectivity index (χ2v) is 6.04. The number of amides is 1. The largest absolute Gasteiger partial charge is 0.483 e. The Hall–Kier alpha value is -2.04. The third-order valence-electron chi connectivity index (χ3n) is 4.25. The van der Waals surface area contributed by atoms with Gasteiger partial charge in [-0.3, -0.25) is 4.79 Å². The summed E-state index contributed by atoms with van der Waals surface area (Å²) in [5, 5.41) is 3.31. The lowest BCUT2D eigenvalue weighted by molar-refractivity contribution is -0.133. The Balaban J connectivity index is 0.00000225. The summed E-state index contributed by atoms with van der Waals surface area (Å²) in [6.45, 7) is 3.50. The van der Waals surface area contributed by atoms with Crippen molar-refractivity contribution in [3.05, 3.63) is 65.7 Å². The van der Waals surface area contributed by atoms with Crippen LogP contribution in [0.25, 0.3) is 0 Å². The molecular formula is C20H25ClN2O2. The van der Waals surface area contributed by atoms with Crippen LogP contribution in [0.2, 0.25) is 0 Å². The summed E-state index contributed by atoms with van der Waals surface area (Å²) < 4.78 is 5.85. The molecular weight excluding hydrogens is 336 g/mol. The molecule has 134 valence electrons. The average Bonchev–Trinajstić information content (AvgIpc) is 2.91. The first-order valence-corrected chi connectivity index (χ1v) is 8.56. The quantitative estimate of drug-likeness (QED) is 0.891. The van der Waals surface area contributed by atoms with Crippen molar-refractivity contribution in [3.8, 4) is 5.75 Å². The van der Waals surface area contributed by atoms with Crippen molar-refractivity contribution in [1.82, 2.24) is 10.2 Å². The molecule has 0 unspecified atom stereocenters. The number of hydrogen-bond acceptors (Lipinski definition) is 3. The SMILES string of the molecule is Cl.O=C(COc1ccccc1Cc1ccccc1)N1CCCNCC1. The van der Waals surface area contributed by atoms with Crippen LogP contribution in [-0.2, 0) is 11.2 Å². The van der Waals surface area contributed by atoms with E-state index in [9.17, 15) is 4.79 Å². The first-order valence-electron chi connectivity index (χ1n) is 8.56. The van der Waals surface area contributed by atoms with E-state index >= 15 is 0 Å². The van der Waals surface area contributed by atoms with Crippen molar-refractivity contribution in [1.29, 1.82) is 0 Å². The van der Waals surface area contributed by atoms with E-state index in [1.165, 1.54) is 5.56 Å². The van der Waals surface area contributed by atoms with Crippen LogP contribution in [0.4, 0.5) is 0 Å². The van der Waals surface area contributed by atoms with Gasteiger partial charge in [0.15, 0.2) is 6.61 Å². The lowest BCUT2D eigenvalue weighted by atomic mass is 10.0. The van der Waals surface area contributed by atoms with Crippen LogP contribution in [0, 0.1) is 0 Å². The highest BCUT2D eigenvalue weighted by atomic mass is 35.5. The maximum Gasteiger partial charge on any atom is 0.260 e. The number of carbonyl (C=O) groups excluding carboxylic acids is 1. The molecule has 0 atom stereocenters. The van der Waals surface area contributed by atoms with E-state index in [1.54, 1.807) is 0 Å². The fourth-order valence-corrected chi connectivity index (χ4v) is 2.93. The first-order chi connectivity index (χ1) is 11.8. The number of para-hydroxylation sites is 1. The third-order valence-corrected chi connectivity index (χ3v) is 4.25. The molecule has 0 aromatic heterocycles. The Labute approximate surface area is 155 Å². The van der Waals surface area contributed by atoms with Gasteiger partial charge in [-0.15, -0.1) is 12.4 Å². The number of nitrogens with zero attached hydrogens (tertiary/aromatic N) is 1. The van der Waals surface area contributed by atoms with E-state index in [1.807, 2.05) is 41.3 Å². The number of ether oxygens (including phenoxy) is 1. The molecule has 1 amide bonds. The summed E-state index contributed by atoms with van der Waals surface area (Å²) in [7, 11) is 0. The zero-order valence-corrected chi connectivity index (χ0v) is 15.1. The van der Waals surface area contributed by atoms with Gasteiger partial charge in [-0.2, -0.15) is 0 Å². The Morgan fingerprint density at radius 3 is 2.60 bits per heavy atom. The van der Waals surface area contributed by atoms with E-state index < -0.39 is 0 Å². The number of nitrogens with one attached hydrogen (secondary N) is 1. The summed E-state index contributed by atoms with van der Waals surface area (Å²) in [6.07, 6.45) is 1.80. The summed E-state index contributed by atoms with van der Waals surface area (Å²) in [6, 6.07) is 18.3.